The van der Waals surface area contributed by atoms with Crippen molar-refractivity contribution in [3.63, 3.8) is 0 Å². The molecule has 0 radical (unpaired) electrons. The zero-order valence-electron chi connectivity index (χ0n) is 24.1. The van der Waals surface area contributed by atoms with Gasteiger partial charge in [0.05, 0.1) is 12.3 Å². The van der Waals surface area contributed by atoms with Crippen molar-refractivity contribution in [3.8, 4) is 23.0 Å². The van der Waals surface area contributed by atoms with E-state index >= 15 is 0 Å². The molecule has 0 aliphatic heterocycles. The zero-order chi connectivity index (χ0) is 27.4. The number of benzene rings is 2. The number of nitrogens with zero attached hydrogens (tertiary/aromatic N) is 2. The van der Waals surface area contributed by atoms with E-state index in [1.165, 1.54) is 0 Å². The number of phenolic OH excluding ortho intramolecular Hbond substituents is 1. The number of ketones is 1. The lowest BCUT2D eigenvalue weighted by Crippen LogP contribution is -2.17. The maximum atomic E-state index is 12.3. The Bertz CT molecular complexity index is 1170. The molecule has 7 heteroatoms. The van der Waals surface area contributed by atoms with E-state index < -0.39 is 0 Å². The van der Waals surface area contributed by atoms with Gasteiger partial charge in [-0.3, -0.25) is 4.79 Å². The first-order valence-corrected chi connectivity index (χ1v) is 13.0. The molecule has 0 bridgehead atoms. The van der Waals surface area contributed by atoms with E-state index in [4.69, 9.17) is 9.15 Å². The molecule has 0 spiro atoms. The van der Waals surface area contributed by atoms with Crippen LogP contribution >= 0.6 is 12.4 Å². The van der Waals surface area contributed by atoms with Crippen LogP contribution in [0.5, 0.6) is 11.5 Å². The normalized spacial score (nSPS) is 11.9. The minimum absolute atomic E-state index is 0. The molecular formula is C31H43ClN2O4. The Labute approximate surface area is 233 Å². The fraction of sp³-hybridized carbons (Fsp3) is 0.484. The van der Waals surface area contributed by atoms with Gasteiger partial charge in [0.1, 0.15) is 17.8 Å². The smallest absolute Gasteiger partial charge is 0.226 e. The van der Waals surface area contributed by atoms with Crippen LogP contribution in [0.15, 0.2) is 47.1 Å². The van der Waals surface area contributed by atoms with Crippen molar-refractivity contribution in [2.75, 3.05) is 27.2 Å². The Morgan fingerprint density at radius 1 is 1.00 bits per heavy atom. The molecule has 0 atom stereocenters. The number of aromatic nitrogens is 1. The van der Waals surface area contributed by atoms with Crippen LogP contribution in [0.3, 0.4) is 0 Å². The predicted octanol–water partition coefficient (Wildman–Crippen LogP) is 7.21. The Hall–Kier alpha value is -2.83. The van der Waals surface area contributed by atoms with E-state index in [1.54, 1.807) is 6.26 Å². The summed E-state index contributed by atoms with van der Waals surface area (Å²) in [6, 6.07) is 11.3. The number of oxazole rings is 1. The van der Waals surface area contributed by atoms with Crippen LogP contribution in [0.25, 0.3) is 11.5 Å². The van der Waals surface area contributed by atoms with Gasteiger partial charge in [-0.25, -0.2) is 4.98 Å². The number of aromatic hydroxyl groups is 1. The van der Waals surface area contributed by atoms with Crippen LogP contribution in [0, 0.1) is 0 Å². The van der Waals surface area contributed by atoms with Gasteiger partial charge in [-0.1, -0.05) is 41.5 Å². The number of hydrogen-bond acceptors (Lipinski definition) is 6. The minimum Gasteiger partial charge on any atom is -0.507 e. The highest BCUT2D eigenvalue weighted by atomic mass is 35.5. The summed E-state index contributed by atoms with van der Waals surface area (Å²) in [5.41, 5.74) is 3.66. The van der Waals surface area contributed by atoms with Crippen LogP contribution in [0.2, 0.25) is 0 Å². The first-order chi connectivity index (χ1) is 17.3. The topological polar surface area (TPSA) is 75.8 Å². The van der Waals surface area contributed by atoms with Crippen LogP contribution in [-0.2, 0) is 17.3 Å². The highest BCUT2D eigenvalue weighted by Gasteiger charge is 2.27. The van der Waals surface area contributed by atoms with Gasteiger partial charge in [-0.05, 0) is 74.3 Å². The van der Waals surface area contributed by atoms with Gasteiger partial charge in [-0.2, -0.15) is 0 Å². The lowest BCUT2D eigenvalue weighted by Gasteiger charge is -2.27. The number of ether oxygens (including phenoxy) is 1. The number of carbonyl (C=O) groups is 1. The zero-order valence-corrected chi connectivity index (χ0v) is 24.9. The number of rotatable bonds is 10. The number of phenols is 1. The van der Waals surface area contributed by atoms with Gasteiger partial charge >= 0.3 is 0 Å². The van der Waals surface area contributed by atoms with Crippen molar-refractivity contribution in [1.29, 1.82) is 0 Å². The standard InChI is InChI=1S/C31H42N2O4.ClH/c1-30(2,3)25-18-22(19-26(28(25)35)31(4,5)6)29-32-23(20-37-29)15-17-36-24-13-11-21(12-14-24)27(34)10-9-16-33(7)8;/h11-14,18-20,35H,9-10,15-17H2,1-8H3;1H. The van der Waals surface area contributed by atoms with Gasteiger partial charge in [0.15, 0.2) is 5.78 Å². The molecule has 3 aromatic rings. The largest absolute Gasteiger partial charge is 0.507 e. The third kappa shape index (κ3) is 8.34. The molecule has 1 aromatic heterocycles. The Morgan fingerprint density at radius 2 is 1.58 bits per heavy atom. The molecular weight excluding hydrogens is 500 g/mol. The third-order valence-corrected chi connectivity index (χ3v) is 6.34. The average molecular weight is 543 g/mol. The number of halogens is 1. The van der Waals surface area contributed by atoms with Gasteiger partial charge in [0.25, 0.3) is 0 Å². The maximum Gasteiger partial charge on any atom is 0.226 e. The first kappa shape index (κ1) is 31.4. The van der Waals surface area contributed by atoms with E-state index in [-0.39, 0.29) is 29.0 Å². The van der Waals surface area contributed by atoms with E-state index in [0.717, 1.165) is 41.1 Å². The first-order valence-electron chi connectivity index (χ1n) is 13.0. The molecule has 1 heterocycles. The van der Waals surface area contributed by atoms with Crippen LogP contribution in [0.1, 0.15) is 81.6 Å². The molecule has 38 heavy (non-hydrogen) atoms. The monoisotopic (exact) mass is 542 g/mol. The van der Waals surface area contributed by atoms with Crippen molar-refractivity contribution >= 4 is 18.2 Å². The number of carbonyl (C=O) groups excluding carboxylic acids is 1. The van der Waals surface area contributed by atoms with Crippen LogP contribution in [0.4, 0.5) is 0 Å². The summed E-state index contributed by atoms with van der Waals surface area (Å²) in [6.07, 6.45) is 3.64. The molecule has 0 aliphatic carbocycles. The van der Waals surface area contributed by atoms with Gasteiger partial charge < -0.3 is 19.2 Å². The highest BCUT2D eigenvalue weighted by Crippen LogP contribution is 2.41. The summed E-state index contributed by atoms with van der Waals surface area (Å²) in [4.78, 5) is 19.1. The molecule has 0 unspecified atom stereocenters. The molecule has 2 aromatic carbocycles. The molecule has 0 amide bonds. The molecule has 3 rings (SSSR count). The Kier molecular flexibility index (Phi) is 10.6. The van der Waals surface area contributed by atoms with E-state index in [1.807, 2.05) is 50.5 Å². The molecule has 0 fully saturated rings. The maximum absolute atomic E-state index is 12.3. The molecule has 0 saturated heterocycles. The quantitative estimate of drug-likeness (QED) is 0.273. The number of Topliss-reactive ketones (excluding diaryl/α,β-unsaturated/α-hetero) is 1. The van der Waals surface area contributed by atoms with Gasteiger partial charge in [-0.15, -0.1) is 12.4 Å². The summed E-state index contributed by atoms with van der Waals surface area (Å²) in [7, 11) is 4.02. The lowest BCUT2D eigenvalue weighted by molar-refractivity contribution is 0.0977. The van der Waals surface area contributed by atoms with Crippen molar-refractivity contribution in [3.05, 3.63) is 65.0 Å². The summed E-state index contributed by atoms with van der Waals surface area (Å²) < 4.78 is 11.7. The molecule has 0 saturated carbocycles. The molecule has 208 valence electrons. The fourth-order valence-corrected chi connectivity index (χ4v) is 4.17. The second-order valence-electron chi connectivity index (χ2n) is 12.0. The lowest BCUT2D eigenvalue weighted by atomic mass is 9.78. The van der Waals surface area contributed by atoms with Crippen molar-refractivity contribution < 1.29 is 19.1 Å². The van der Waals surface area contributed by atoms with Crippen molar-refractivity contribution in [2.24, 2.45) is 0 Å². The minimum atomic E-state index is -0.226. The average Bonchev–Trinajstić information content (AvgIpc) is 3.26. The van der Waals surface area contributed by atoms with Gasteiger partial charge in [0, 0.05) is 35.1 Å². The molecule has 1 N–H and O–H groups in total. The fourth-order valence-electron chi connectivity index (χ4n) is 4.17. The summed E-state index contributed by atoms with van der Waals surface area (Å²) >= 11 is 0. The van der Waals surface area contributed by atoms with Crippen molar-refractivity contribution in [2.45, 2.75) is 71.6 Å². The summed E-state index contributed by atoms with van der Waals surface area (Å²) in [6.45, 7) is 13.9. The van der Waals surface area contributed by atoms with Gasteiger partial charge in [0.2, 0.25) is 5.89 Å². The van der Waals surface area contributed by atoms with Crippen molar-refractivity contribution in [1.82, 2.24) is 9.88 Å². The van der Waals surface area contributed by atoms with E-state index in [2.05, 4.69) is 51.4 Å². The third-order valence-electron chi connectivity index (χ3n) is 6.34. The molecule has 0 aliphatic rings. The Morgan fingerprint density at radius 3 is 2.11 bits per heavy atom. The van der Waals surface area contributed by atoms with E-state index in [0.29, 0.717) is 36.7 Å². The van der Waals surface area contributed by atoms with Crippen LogP contribution in [-0.4, -0.2) is 48.0 Å². The summed E-state index contributed by atoms with van der Waals surface area (Å²) in [5, 5.41) is 11.0. The second-order valence-corrected chi connectivity index (χ2v) is 12.0. The second kappa shape index (κ2) is 12.8. The Balaban J connectivity index is 0.00000507. The number of hydrogen-bond donors (Lipinski definition) is 1. The summed E-state index contributed by atoms with van der Waals surface area (Å²) in [5.74, 6) is 1.74. The van der Waals surface area contributed by atoms with E-state index in [9.17, 15) is 9.90 Å². The SMILES string of the molecule is CN(C)CCCC(=O)c1ccc(OCCc2coc(-c3cc(C(C)(C)C)c(O)c(C(C)(C)C)c3)n2)cc1.Cl. The highest BCUT2D eigenvalue weighted by molar-refractivity contribution is 5.96. The molecule has 6 nitrogen and oxygen atoms in total. The van der Waals surface area contributed by atoms with Crippen LogP contribution < -0.4 is 4.74 Å². The predicted molar refractivity (Wildman–Crippen MR) is 156 cm³/mol.